The molecule has 124 valence electrons. The van der Waals surface area contributed by atoms with Gasteiger partial charge in [-0.15, -0.1) is 0 Å². The monoisotopic (exact) mass is 321 g/mol. The molecule has 1 saturated carbocycles. The molecule has 2 fully saturated rings. The molecule has 1 aliphatic heterocycles. The smallest absolute Gasteiger partial charge is 0.272 e. The fourth-order valence-corrected chi connectivity index (χ4v) is 4.45. The highest BCUT2D eigenvalue weighted by molar-refractivity contribution is 5.92. The molecule has 3 heterocycles. The third-order valence-corrected chi connectivity index (χ3v) is 5.62. The molecule has 0 bridgehead atoms. The molecule has 2 aliphatic rings. The van der Waals surface area contributed by atoms with Crippen molar-refractivity contribution in [2.24, 2.45) is 17.8 Å². The molecule has 0 unspecified atom stereocenters. The normalized spacial score (nSPS) is 26.2. The minimum Gasteiger partial charge on any atom is -0.337 e. The van der Waals surface area contributed by atoms with Crippen LogP contribution in [0, 0.1) is 17.8 Å². The summed E-state index contributed by atoms with van der Waals surface area (Å²) < 4.78 is 0. The quantitative estimate of drug-likeness (QED) is 0.872. The van der Waals surface area contributed by atoms with E-state index in [1.165, 1.54) is 25.0 Å². The van der Waals surface area contributed by atoms with E-state index in [1.807, 2.05) is 35.4 Å². The Balaban J connectivity index is 1.47. The van der Waals surface area contributed by atoms with Gasteiger partial charge in [0.2, 0.25) is 0 Å². The molecule has 0 radical (unpaired) electrons. The minimum absolute atomic E-state index is 0.0848. The summed E-state index contributed by atoms with van der Waals surface area (Å²) in [4.78, 5) is 23.5. The Bertz CT molecular complexity index is 689. The Morgan fingerprint density at radius 3 is 2.62 bits per heavy atom. The van der Waals surface area contributed by atoms with Crippen molar-refractivity contribution < 1.29 is 4.79 Å². The van der Waals surface area contributed by atoms with E-state index in [0.717, 1.165) is 19.5 Å². The largest absolute Gasteiger partial charge is 0.337 e. The second kappa shape index (κ2) is 6.71. The third-order valence-electron chi connectivity index (χ3n) is 5.62. The predicted molar refractivity (Wildman–Crippen MR) is 92.4 cm³/mol. The molecule has 4 heteroatoms. The third kappa shape index (κ3) is 3.05. The van der Waals surface area contributed by atoms with Gasteiger partial charge in [-0.1, -0.05) is 18.6 Å². The van der Waals surface area contributed by atoms with Gasteiger partial charge in [-0.25, -0.2) is 0 Å². The summed E-state index contributed by atoms with van der Waals surface area (Å²) in [6, 6.07) is 11.7. The van der Waals surface area contributed by atoms with Crippen molar-refractivity contribution in [2.75, 3.05) is 13.1 Å². The topological polar surface area (TPSA) is 46.1 Å². The number of fused-ring (bicyclic) bond motifs is 1. The maximum atomic E-state index is 12.7. The van der Waals surface area contributed by atoms with E-state index >= 15 is 0 Å². The van der Waals surface area contributed by atoms with Gasteiger partial charge in [-0.2, -0.15) is 0 Å². The zero-order valence-corrected chi connectivity index (χ0v) is 13.8. The highest BCUT2D eigenvalue weighted by atomic mass is 16.2. The first-order chi connectivity index (χ1) is 11.8. The Labute approximate surface area is 142 Å². The highest BCUT2D eigenvalue weighted by Crippen LogP contribution is 2.41. The number of carbonyl (C=O) groups excluding carboxylic acids is 1. The molecule has 0 spiro atoms. The molecule has 0 N–H and O–H groups in total. The fraction of sp³-hybridized carbons (Fsp3) is 0.450. The van der Waals surface area contributed by atoms with Crippen LogP contribution in [-0.2, 0) is 6.42 Å². The van der Waals surface area contributed by atoms with Gasteiger partial charge in [-0.05, 0) is 61.3 Å². The molecule has 2 aromatic rings. The lowest BCUT2D eigenvalue weighted by Crippen LogP contribution is -2.31. The number of amides is 1. The molecule has 1 amide bonds. The van der Waals surface area contributed by atoms with E-state index in [4.69, 9.17) is 0 Å². The van der Waals surface area contributed by atoms with E-state index in [-0.39, 0.29) is 5.91 Å². The van der Waals surface area contributed by atoms with Crippen molar-refractivity contribution >= 4 is 5.91 Å². The lowest BCUT2D eigenvalue weighted by molar-refractivity contribution is 0.0775. The second-order valence-corrected chi connectivity index (χ2v) is 7.07. The van der Waals surface area contributed by atoms with Gasteiger partial charge in [0.05, 0.1) is 0 Å². The Morgan fingerprint density at radius 2 is 1.88 bits per heavy atom. The van der Waals surface area contributed by atoms with Crippen LogP contribution in [-0.4, -0.2) is 33.9 Å². The van der Waals surface area contributed by atoms with Crippen molar-refractivity contribution in [1.82, 2.24) is 14.9 Å². The molecule has 1 aliphatic carbocycles. The van der Waals surface area contributed by atoms with Gasteiger partial charge in [0, 0.05) is 31.2 Å². The average Bonchev–Trinajstić information content (AvgIpc) is 3.08. The number of hydrogen-bond donors (Lipinski definition) is 0. The molecular formula is C20H23N3O. The molecule has 2 aromatic heterocycles. The Kier molecular flexibility index (Phi) is 4.28. The van der Waals surface area contributed by atoms with E-state index < -0.39 is 0 Å². The first kappa shape index (κ1) is 15.3. The summed E-state index contributed by atoms with van der Waals surface area (Å²) in [6.45, 7) is 1.76. The van der Waals surface area contributed by atoms with Crippen LogP contribution in [0.25, 0.3) is 0 Å². The number of aromatic nitrogens is 2. The summed E-state index contributed by atoms with van der Waals surface area (Å²) in [5.41, 5.74) is 1.75. The van der Waals surface area contributed by atoms with Gasteiger partial charge in [0.1, 0.15) is 5.69 Å². The Hall–Kier alpha value is -2.23. The Morgan fingerprint density at radius 1 is 1.04 bits per heavy atom. The van der Waals surface area contributed by atoms with E-state index in [9.17, 15) is 4.79 Å². The van der Waals surface area contributed by atoms with E-state index in [2.05, 4.69) is 22.1 Å². The zero-order valence-electron chi connectivity index (χ0n) is 13.8. The lowest BCUT2D eigenvalue weighted by atomic mass is 9.72. The standard InChI is InChI=1S/C20H23N3O/c24-20(19-9-2-4-11-22-19)23-13-16-7-5-6-15(18(16)14-23)12-17-8-1-3-10-21-17/h1-4,8-11,15-16,18H,5-7,12-14H2/t15-,16-,18-/m1/s1. The van der Waals surface area contributed by atoms with Crippen LogP contribution in [0.15, 0.2) is 48.8 Å². The first-order valence-corrected chi connectivity index (χ1v) is 8.91. The number of carbonyl (C=O) groups is 1. The van der Waals surface area contributed by atoms with Crippen molar-refractivity contribution in [3.8, 4) is 0 Å². The SMILES string of the molecule is O=C(c1ccccn1)N1C[C@H]2CCC[C@H](Cc3ccccn3)[C@H]2C1. The minimum atomic E-state index is 0.0848. The fourth-order valence-electron chi connectivity index (χ4n) is 4.45. The molecule has 4 nitrogen and oxygen atoms in total. The summed E-state index contributed by atoms with van der Waals surface area (Å²) in [5, 5.41) is 0. The number of nitrogens with zero attached hydrogens (tertiary/aromatic N) is 3. The maximum absolute atomic E-state index is 12.7. The van der Waals surface area contributed by atoms with Crippen LogP contribution in [0.4, 0.5) is 0 Å². The van der Waals surface area contributed by atoms with Crippen molar-refractivity contribution in [1.29, 1.82) is 0 Å². The summed E-state index contributed by atoms with van der Waals surface area (Å²) in [5.74, 6) is 1.97. The van der Waals surface area contributed by atoms with Crippen LogP contribution < -0.4 is 0 Å². The van der Waals surface area contributed by atoms with Gasteiger partial charge >= 0.3 is 0 Å². The average molecular weight is 321 g/mol. The van der Waals surface area contributed by atoms with Crippen LogP contribution >= 0.6 is 0 Å². The van der Waals surface area contributed by atoms with Gasteiger partial charge in [0.15, 0.2) is 0 Å². The predicted octanol–water partition coefficient (Wildman–Crippen LogP) is 3.21. The molecule has 24 heavy (non-hydrogen) atoms. The van der Waals surface area contributed by atoms with Crippen molar-refractivity contribution in [3.05, 3.63) is 60.2 Å². The summed E-state index contributed by atoms with van der Waals surface area (Å²) >= 11 is 0. The van der Waals surface area contributed by atoms with Crippen LogP contribution in [0.2, 0.25) is 0 Å². The lowest BCUT2D eigenvalue weighted by Gasteiger charge is -2.32. The summed E-state index contributed by atoms with van der Waals surface area (Å²) in [7, 11) is 0. The number of likely N-dealkylation sites (tertiary alicyclic amines) is 1. The van der Waals surface area contributed by atoms with Crippen LogP contribution in [0.1, 0.15) is 35.4 Å². The number of pyridine rings is 2. The van der Waals surface area contributed by atoms with Crippen LogP contribution in [0.5, 0.6) is 0 Å². The maximum Gasteiger partial charge on any atom is 0.272 e. The number of hydrogen-bond acceptors (Lipinski definition) is 3. The molecule has 3 atom stereocenters. The highest BCUT2D eigenvalue weighted by Gasteiger charge is 2.41. The zero-order chi connectivity index (χ0) is 16.4. The number of rotatable bonds is 3. The van der Waals surface area contributed by atoms with Gasteiger partial charge in [-0.3, -0.25) is 14.8 Å². The summed E-state index contributed by atoms with van der Waals surface area (Å²) in [6.07, 6.45) is 8.37. The molecular weight excluding hydrogens is 298 g/mol. The van der Waals surface area contributed by atoms with Crippen LogP contribution in [0.3, 0.4) is 0 Å². The second-order valence-electron chi connectivity index (χ2n) is 7.07. The van der Waals surface area contributed by atoms with Gasteiger partial charge < -0.3 is 4.90 Å². The van der Waals surface area contributed by atoms with E-state index in [0.29, 0.717) is 23.4 Å². The molecule has 0 aromatic carbocycles. The first-order valence-electron chi connectivity index (χ1n) is 8.91. The van der Waals surface area contributed by atoms with Crippen molar-refractivity contribution in [2.45, 2.75) is 25.7 Å². The molecule has 1 saturated heterocycles. The van der Waals surface area contributed by atoms with Crippen molar-refractivity contribution in [3.63, 3.8) is 0 Å². The van der Waals surface area contributed by atoms with Gasteiger partial charge in [0.25, 0.3) is 5.91 Å². The van der Waals surface area contributed by atoms with E-state index in [1.54, 1.807) is 6.20 Å². The molecule has 4 rings (SSSR count).